The van der Waals surface area contributed by atoms with Gasteiger partial charge in [0.2, 0.25) is 5.88 Å². The minimum atomic E-state index is -0.400. The summed E-state index contributed by atoms with van der Waals surface area (Å²) in [6, 6.07) is 11.4. The Morgan fingerprint density at radius 3 is 2.84 bits per heavy atom. The third-order valence-electron chi connectivity index (χ3n) is 3.75. The highest BCUT2D eigenvalue weighted by Crippen LogP contribution is 2.28. The largest absolute Gasteiger partial charge is 0.480 e. The molecule has 0 atom stereocenters. The van der Waals surface area contributed by atoms with Gasteiger partial charge in [-0.25, -0.2) is 4.79 Å². The zero-order valence-corrected chi connectivity index (χ0v) is 14.4. The molecule has 0 radical (unpaired) electrons. The molecule has 2 aromatic heterocycles. The summed E-state index contributed by atoms with van der Waals surface area (Å²) in [5.41, 5.74) is 3.93. The van der Waals surface area contributed by atoms with Gasteiger partial charge >= 0.3 is 5.97 Å². The molecule has 0 saturated carbocycles. The summed E-state index contributed by atoms with van der Waals surface area (Å²) in [5, 5.41) is 7.93. The molecule has 0 saturated heterocycles. The summed E-state index contributed by atoms with van der Waals surface area (Å²) < 4.78 is 10.3. The topological polar surface area (TPSA) is 77.1 Å². The van der Waals surface area contributed by atoms with E-state index in [9.17, 15) is 4.79 Å². The molecule has 1 aromatic carbocycles. The lowest BCUT2D eigenvalue weighted by Crippen LogP contribution is -2.03. The SMILES string of the molecule is CCOC(=O)C=C(c1ccc2c(OC)n[nH]c2c1)c1cccc(C)n1. The number of pyridine rings is 1. The second-order valence-corrected chi connectivity index (χ2v) is 5.47. The maximum Gasteiger partial charge on any atom is 0.331 e. The number of nitrogens with one attached hydrogen (secondary N) is 1. The lowest BCUT2D eigenvalue weighted by atomic mass is 10.00. The molecule has 128 valence electrons. The smallest absolute Gasteiger partial charge is 0.331 e. The molecule has 0 fully saturated rings. The van der Waals surface area contributed by atoms with Crippen molar-refractivity contribution in [2.24, 2.45) is 0 Å². The van der Waals surface area contributed by atoms with E-state index < -0.39 is 5.97 Å². The third kappa shape index (κ3) is 3.52. The minimum Gasteiger partial charge on any atom is -0.480 e. The maximum absolute atomic E-state index is 12.0. The first kappa shape index (κ1) is 16.7. The highest BCUT2D eigenvalue weighted by Gasteiger charge is 2.13. The molecule has 6 heteroatoms. The number of nitrogens with zero attached hydrogens (tertiary/aromatic N) is 2. The molecule has 25 heavy (non-hydrogen) atoms. The van der Waals surface area contributed by atoms with Gasteiger partial charge in [0, 0.05) is 17.3 Å². The standard InChI is InChI=1S/C19H19N3O3/c1-4-25-18(23)11-15(16-7-5-6-12(2)20-16)13-8-9-14-17(10-13)21-22-19(14)24-3/h5-11H,4H2,1-3H3,(H,21,22). The van der Waals surface area contributed by atoms with Gasteiger partial charge in [0.25, 0.3) is 0 Å². The lowest BCUT2D eigenvalue weighted by molar-refractivity contribution is -0.137. The first-order chi connectivity index (χ1) is 12.1. The molecule has 0 aliphatic rings. The number of carbonyl (C=O) groups excluding carboxylic acids is 1. The fourth-order valence-corrected chi connectivity index (χ4v) is 2.62. The summed E-state index contributed by atoms with van der Waals surface area (Å²) in [5.74, 6) is 0.134. The molecule has 3 rings (SSSR count). The number of methoxy groups -OCH3 is 1. The van der Waals surface area contributed by atoms with Crippen LogP contribution >= 0.6 is 0 Å². The van der Waals surface area contributed by atoms with Gasteiger partial charge < -0.3 is 9.47 Å². The van der Waals surface area contributed by atoms with Crippen LogP contribution in [0.25, 0.3) is 16.5 Å². The average Bonchev–Trinajstić information content (AvgIpc) is 3.02. The Kier molecular flexibility index (Phi) is 4.79. The summed E-state index contributed by atoms with van der Waals surface area (Å²) in [6.45, 7) is 4.01. The van der Waals surface area contributed by atoms with Crippen LogP contribution in [0.5, 0.6) is 5.88 Å². The van der Waals surface area contributed by atoms with Crippen LogP contribution in [0.3, 0.4) is 0 Å². The fraction of sp³-hybridized carbons (Fsp3) is 0.211. The molecule has 3 aromatic rings. The summed E-state index contributed by atoms with van der Waals surface area (Å²) in [7, 11) is 1.58. The summed E-state index contributed by atoms with van der Waals surface area (Å²) in [4.78, 5) is 16.6. The molecular formula is C19H19N3O3. The number of hydrogen-bond donors (Lipinski definition) is 1. The Morgan fingerprint density at radius 1 is 1.28 bits per heavy atom. The van der Waals surface area contributed by atoms with Gasteiger partial charge in [0.1, 0.15) is 0 Å². The Labute approximate surface area is 145 Å². The first-order valence-corrected chi connectivity index (χ1v) is 7.97. The Balaban J connectivity index is 2.12. The Bertz CT molecular complexity index is 944. The van der Waals surface area contributed by atoms with Crippen molar-refractivity contribution in [2.45, 2.75) is 13.8 Å². The number of carbonyl (C=O) groups is 1. The number of ether oxygens (including phenoxy) is 2. The van der Waals surface area contributed by atoms with Crippen molar-refractivity contribution in [2.75, 3.05) is 13.7 Å². The number of aryl methyl sites for hydroxylation is 1. The van der Waals surface area contributed by atoms with Crippen LogP contribution in [0.2, 0.25) is 0 Å². The van der Waals surface area contributed by atoms with E-state index in [1.165, 1.54) is 6.08 Å². The number of H-pyrrole nitrogens is 1. The highest BCUT2D eigenvalue weighted by atomic mass is 16.5. The van der Waals surface area contributed by atoms with Crippen LogP contribution in [0.15, 0.2) is 42.5 Å². The average molecular weight is 337 g/mol. The minimum absolute atomic E-state index is 0.320. The lowest BCUT2D eigenvalue weighted by Gasteiger charge is -2.09. The van der Waals surface area contributed by atoms with E-state index in [4.69, 9.17) is 9.47 Å². The van der Waals surface area contributed by atoms with Gasteiger partial charge in [-0.15, -0.1) is 5.10 Å². The summed E-state index contributed by atoms with van der Waals surface area (Å²) >= 11 is 0. The van der Waals surface area contributed by atoms with Crippen LogP contribution < -0.4 is 4.74 Å². The van der Waals surface area contributed by atoms with Crippen molar-refractivity contribution < 1.29 is 14.3 Å². The molecular weight excluding hydrogens is 318 g/mol. The van der Waals surface area contributed by atoms with E-state index in [0.29, 0.717) is 23.8 Å². The van der Waals surface area contributed by atoms with E-state index in [1.807, 2.05) is 43.3 Å². The number of hydrogen-bond acceptors (Lipinski definition) is 5. The number of benzene rings is 1. The van der Waals surface area contributed by atoms with Crippen LogP contribution in [0.4, 0.5) is 0 Å². The van der Waals surface area contributed by atoms with Crippen molar-refractivity contribution in [3.05, 3.63) is 59.4 Å². The molecule has 2 heterocycles. The monoisotopic (exact) mass is 337 g/mol. The molecule has 6 nitrogen and oxygen atoms in total. The second kappa shape index (κ2) is 7.17. The maximum atomic E-state index is 12.0. The van der Waals surface area contributed by atoms with Gasteiger partial charge in [-0.1, -0.05) is 12.1 Å². The summed E-state index contributed by atoms with van der Waals surface area (Å²) in [6.07, 6.45) is 1.47. The molecule has 0 amide bonds. The van der Waals surface area contributed by atoms with E-state index in [2.05, 4.69) is 15.2 Å². The molecule has 0 bridgehead atoms. The fourth-order valence-electron chi connectivity index (χ4n) is 2.62. The van der Waals surface area contributed by atoms with Gasteiger partial charge in [-0.3, -0.25) is 10.1 Å². The zero-order chi connectivity index (χ0) is 17.8. The van der Waals surface area contributed by atoms with Gasteiger partial charge in [-0.05, 0) is 43.7 Å². The van der Waals surface area contributed by atoms with Crippen LogP contribution in [0.1, 0.15) is 23.9 Å². The molecule has 0 unspecified atom stereocenters. The van der Waals surface area contributed by atoms with Gasteiger partial charge in [0.05, 0.1) is 30.3 Å². The van der Waals surface area contributed by atoms with Crippen LogP contribution in [-0.2, 0) is 9.53 Å². The molecule has 0 spiro atoms. The van der Waals surface area contributed by atoms with Crippen molar-refractivity contribution in [1.82, 2.24) is 15.2 Å². The van der Waals surface area contributed by atoms with Crippen molar-refractivity contribution >= 4 is 22.4 Å². The second-order valence-electron chi connectivity index (χ2n) is 5.47. The quantitative estimate of drug-likeness (QED) is 0.571. The molecule has 0 aliphatic carbocycles. The van der Waals surface area contributed by atoms with E-state index in [0.717, 1.165) is 22.2 Å². The van der Waals surface area contributed by atoms with Crippen LogP contribution in [0, 0.1) is 6.92 Å². The highest BCUT2D eigenvalue weighted by molar-refractivity contribution is 5.97. The van der Waals surface area contributed by atoms with Gasteiger partial charge in [-0.2, -0.15) is 0 Å². The predicted molar refractivity (Wildman–Crippen MR) is 95.3 cm³/mol. The third-order valence-corrected chi connectivity index (χ3v) is 3.75. The normalized spacial score (nSPS) is 11.6. The Hall–Kier alpha value is -3.15. The van der Waals surface area contributed by atoms with E-state index in [-0.39, 0.29) is 0 Å². The molecule has 0 aliphatic heterocycles. The number of fused-ring (bicyclic) bond motifs is 1. The number of aromatic nitrogens is 3. The number of rotatable bonds is 5. The van der Waals surface area contributed by atoms with Gasteiger partial charge in [0.15, 0.2) is 0 Å². The van der Waals surface area contributed by atoms with E-state index >= 15 is 0 Å². The first-order valence-electron chi connectivity index (χ1n) is 7.97. The number of aromatic amines is 1. The number of esters is 1. The zero-order valence-electron chi connectivity index (χ0n) is 14.4. The van der Waals surface area contributed by atoms with E-state index in [1.54, 1.807) is 14.0 Å². The van der Waals surface area contributed by atoms with Crippen molar-refractivity contribution in [1.29, 1.82) is 0 Å². The van der Waals surface area contributed by atoms with Crippen molar-refractivity contribution in [3.8, 4) is 5.88 Å². The molecule has 1 N–H and O–H groups in total. The predicted octanol–water partition coefficient (Wildman–Crippen LogP) is 3.27. The van der Waals surface area contributed by atoms with Crippen LogP contribution in [-0.4, -0.2) is 34.9 Å². The van der Waals surface area contributed by atoms with Crippen molar-refractivity contribution in [3.63, 3.8) is 0 Å². The Morgan fingerprint density at radius 2 is 2.12 bits per heavy atom.